The summed E-state index contributed by atoms with van der Waals surface area (Å²) >= 11 is 0. The fourth-order valence-electron chi connectivity index (χ4n) is 2.74. The Labute approximate surface area is 122 Å². The second-order valence-corrected chi connectivity index (χ2v) is 5.32. The topological polar surface area (TPSA) is 73.6 Å². The zero-order chi connectivity index (χ0) is 15.0. The van der Waals surface area contributed by atoms with Gasteiger partial charge >= 0.3 is 0 Å². The Hall–Kier alpha value is -2.56. The van der Waals surface area contributed by atoms with Crippen LogP contribution in [0, 0.1) is 13.8 Å². The summed E-state index contributed by atoms with van der Waals surface area (Å²) in [5.74, 6) is -0.0781. The predicted molar refractivity (Wildman–Crippen MR) is 82.2 cm³/mol. The molecular formula is C16H18N4O. The van der Waals surface area contributed by atoms with Crippen LogP contribution in [0.15, 0.2) is 30.5 Å². The van der Waals surface area contributed by atoms with Crippen LogP contribution in [0.25, 0.3) is 10.9 Å². The monoisotopic (exact) mass is 282 g/mol. The Morgan fingerprint density at radius 3 is 2.81 bits per heavy atom. The van der Waals surface area contributed by atoms with Crippen LogP contribution in [0.5, 0.6) is 0 Å². The van der Waals surface area contributed by atoms with E-state index in [1.807, 2.05) is 51.2 Å². The van der Waals surface area contributed by atoms with E-state index < -0.39 is 0 Å². The number of carbonyl (C=O) groups is 1. The van der Waals surface area contributed by atoms with Gasteiger partial charge in [0, 0.05) is 33.9 Å². The summed E-state index contributed by atoms with van der Waals surface area (Å²) < 4.78 is 0. The minimum absolute atomic E-state index is 0.0781. The molecule has 0 bridgehead atoms. The number of aromatic nitrogens is 3. The number of benzene rings is 1. The number of aryl methyl sites for hydroxylation is 2. The van der Waals surface area contributed by atoms with Crippen molar-refractivity contribution in [2.45, 2.75) is 26.8 Å². The lowest BCUT2D eigenvalue weighted by Gasteiger charge is -2.14. The van der Waals surface area contributed by atoms with Crippen LogP contribution in [0.3, 0.4) is 0 Å². The van der Waals surface area contributed by atoms with Crippen molar-refractivity contribution in [3.8, 4) is 0 Å². The van der Waals surface area contributed by atoms with Crippen molar-refractivity contribution in [1.82, 2.24) is 20.5 Å². The number of H-pyrrole nitrogens is 2. The van der Waals surface area contributed by atoms with Gasteiger partial charge in [-0.3, -0.25) is 9.89 Å². The highest BCUT2D eigenvalue weighted by Crippen LogP contribution is 2.20. The summed E-state index contributed by atoms with van der Waals surface area (Å²) in [6.45, 7) is 5.87. The normalized spacial score (nSPS) is 12.5. The van der Waals surface area contributed by atoms with Crippen molar-refractivity contribution >= 4 is 16.8 Å². The molecule has 3 aromatic rings. The van der Waals surface area contributed by atoms with Gasteiger partial charge in [0.25, 0.3) is 5.91 Å². The van der Waals surface area contributed by atoms with E-state index in [-0.39, 0.29) is 11.9 Å². The molecule has 3 N–H and O–H groups in total. The minimum Gasteiger partial charge on any atom is -0.361 e. The number of amides is 1. The largest absolute Gasteiger partial charge is 0.361 e. The van der Waals surface area contributed by atoms with E-state index in [1.54, 1.807) is 0 Å². The maximum atomic E-state index is 12.4. The van der Waals surface area contributed by atoms with E-state index in [0.717, 1.165) is 27.9 Å². The SMILES string of the molecule is Cc1n[nH]c(C)c1[C@@H](C)NC(=O)c1ccc2[nH]ccc2c1. The average molecular weight is 282 g/mol. The molecule has 1 amide bonds. The summed E-state index contributed by atoms with van der Waals surface area (Å²) in [5, 5.41) is 11.2. The van der Waals surface area contributed by atoms with Gasteiger partial charge in [-0.2, -0.15) is 5.10 Å². The lowest BCUT2D eigenvalue weighted by Crippen LogP contribution is -2.27. The molecule has 0 aliphatic carbocycles. The summed E-state index contributed by atoms with van der Waals surface area (Å²) in [6, 6.07) is 7.51. The molecule has 21 heavy (non-hydrogen) atoms. The summed E-state index contributed by atoms with van der Waals surface area (Å²) in [6.07, 6.45) is 1.87. The van der Waals surface area contributed by atoms with Gasteiger partial charge in [-0.05, 0) is 45.0 Å². The Morgan fingerprint density at radius 2 is 2.10 bits per heavy atom. The van der Waals surface area contributed by atoms with E-state index in [4.69, 9.17) is 0 Å². The number of hydrogen-bond donors (Lipinski definition) is 3. The van der Waals surface area contributed by atoms with Gasteiger partial charge in [-0.15, -0.1) is 0 Å². The lowest BCUT2D eigenvalue weighted by atomic mass is 10.1. The first kappa shape index (κ1) is 13.4. The molecule has 0 aliphatic rings. The standard InChI is InChI=1S/C16H18N4O/c1-9(15-10(2)19-20-11(15)3)18-16(21)13-4-5-14-12(8-13)6-7-17-14/h4-9,17H,1-3H3,(H,18,21)(H,19,20)/t9-/m1/s1. The minimum atomic E-state index is -0.0850. The van der Waals surface area contributed by atoms with E-state index in [9.17, 15) is 4.79 Å². The first-order chi connectivity index (χ1) is 10.1. The Morgan fingerprint density at radius 1 is 1.29 bits per heavy atom. The summed E-state index contributed by atoms with van der Waals surface area (Å²) in [7, 11) is 0. The molecule has 5 nitrogen and oxygen atoms in total. The van der Waals surface area contributed by atoms with Gasteiger partial charge in [-0.25, -0.2) is 0 Å². The van der Waals surface area contributed by atoms with Crippen LogP contribution in [-0.4, -0.2) is 21.1 Å². The van der Waals surface area contributed by atoms with E-state index in [0.29, 0.717) is 5.56 Å². The van der Waals surface area contributed by atoms with Crippen LogP contribution < -0.4 is 5.32 Å². The van der Waals surface area contributed by atoms with Gasteiger partial charge in [0.1, 0.15) is 0 Å². The van der Waals surface area contributed by atoms with Gasteiger partial charge in [-0.1, -0.05) is 0 Å². The number of nitrogens with zero attached hydrogens (tertiary/aromatic N) is 1. The molecule has 5 heteroatoms. The van der Waals surface area contributed by atoms with Crippen molar-refractivity contribution in [2.75, 3.05) is 0 Å². The molecule has 2 heterocycles. The highest BCUT2D eigenvalue weighted by Gasteiger charge is 2.17. The predicted octanol–water partition coefficient (Wildman–Crippen LogP) is 3.00. The van der Waals surface area contributed by atoms with Gasteiger partial charge < -0.3 is 10.3 Å². The van der Waals surface area contributed by atoms with E-state index >= 15 is 0 Å². The maximum Gasteiger partial charge on any atom is 0.251 e. The second-order valence-electron chi connectivity index (χ2n) is 5.32. The Kier molecular flexibility index (Phi) is 3.25. The summed E-state index contributed by atoms with van der Waals surface area (Å²) in [4.78, 5) is 15.5. The van der Waals surface area contributed by atoms with E-state index in [2.05, 4.69) is 20.5 Å². The molecule has 0 unspecified atom stereocenters. The third-order valence-electron chi connectivity index (χ3n) is 3.78. The number of carbonyl (C=O) groups excluding carboxylic acids is 1. The Bertz CT molecular complexity index is 780. The second kappa shape index (κ2) is 5.09. The van der Waals surface area contributed by atoms with Gasteiger partial charge in [0.2, 0.25) is 0 Å². The third-order valence-corrected chi connectivity index (χ3v) is 3.78. The number of hydrogen-bond acceptors (Lipinski definition) is 2. The van der Waals surface area contributed by atoms with Crippen LogP contribution in [0.4, 0.5) is 0 Å². The molecule has 2 aromatic heterocycles. The molecule has 0 fully saturated rings. The fraction of sp³-hybridized carbons (Fsp3) is 0.250. The van der Waals surface area contributed by atoms with Crippen molar-refractivity contribution in [3.05, 3.63) is 53.0 Å². The third kappa shape index (κ3) is 2.42. The van der Waals surface area contributed by atoms with Crippen molar-refractivity contribution in [2.24, 2.45) is 0 Å². The first-order valence-electron chi connectivity index (χ1n) is 6.95. The Balaban J connectivity index is 1.82. The van der Waals surface area contributed by atoms with Crippen LogP contribution in [0.2, 0.25) is 0 Å². The highest BCUT2D eigenvalue weighted by molar-refractivity contribution is 5.98. The number of fused-ring (bicyclic) bond motifs is 1. The molecule has 0 saturated heterocycles. The zero-order valence-corrected chi connectivity index (χ0v) is 12.3. The average Bonchev–Trinajstić information content (AvgIpc) is 3.04. The van der Waals surface area contributed by atoms with Crippen molar-refractivity contribution < 1.29 is 4.79 Å². The zero-order valence-electron chi connectivity index (χ0n) is 12.3. The van der Waals surface area contributed by atoms with Crippen LogP contribution in [0.1, 0.15) is 40.3 Å². The lowest BCUT2D eigenvalue weighted by molar-refractivity contribution is 0.0940. The van der Waals surface area contributed by atoms with Crippen LogP contribution in [-0.2, 0) is 0 Å². The van der Waals surface area contributed by atoms with E-state index in [1.165, 1.54) is 0 Å². The summed E-state index contributed by atoms with van der Waals surface area (Å²) in [5.41, 5.74) is 4.64. The highest BCUT2D eigenvalue weighted by atomic mass is 16.1. The molecule has 0 spiro atoms. The first-order valence-corrected chi connectivity index (χ1v) is 6.95. The molecule has 3 rings (SSSR count). The molecule has 1 aromatic carbocycles. The maximum absolute atomic E-state index is 12.4. The fourth-order valence-corrected chi connectivity index (χ4v) is 2.74. The number of aromatic amines is 2. The quantitative estimate of drug-likeness (QED) is 0.691. The molecule has 108 valence electrons. The molecule has 0 saturated carbocycles. The van der Waals surface area contributed by atoms with Crippen molar-refractivity contribution in [1.29, 1.82) is 0 Å². The molecule has 1 atom stereocenters. The number of nitrogens with one attached hydrogen (secondary N) is 3. The molecular weight excluding hydrogens is 264 g/mol. The van der Waals surface area contributed by atoms with Crippen LogP contribution >= 0.6 is 0 Å². The molecule has 0 aliphatic heterocycles. The number of rotatable bonds is 3. The smallest absolute Gasteiger partial charge is 0.251 e. The molecule has 0 radical (unpaired) electrons. The van der Waals surface area contributed by atoms with Crippen molar-refractivity contribution in [3.63, 3.8) is 0 Å². The van der Waals surface area contributed by atoms with Gasteiger partial charge in [0.05, 0.1) is 11.7 Å². The van der Waals surface area contributed by atoms with Gasteiger partial charge in [0.15, 0.2) is 0 Å².